The Hall–Kier alpha value is -5.33. The Balaban J connectivity index is 1.43. The number of rotatable bonds is 5. The summed E-state index contributed by atoms with van der Waals surface area (Å²) < 4.78 is 6.37. The molecular formula is C36H26N2O. The van der Waals surface area contributed by atoms with E-state index >= 15 is 0 Å². The van der Waals surface area contributed by atoms with Crippen molar-refractivity contribution >= 4 is 34.1 Å². The highest BCUT2D eigenvalue weighted by molar-refractivity contribution is 6.03. The van der Waals surface area contributed by atoms with E-state index in [0.717, 1.165) is 45.1 Å². The van der Waals surface area contributed by atoms with Gasteiger partial charge < -0.3 is 9.64 Å². The third kappa shape index (κ3) is 4.84. The summed E-state index contributed by atoms with van der Waals surface area (Å²) in [6.45, 7) is 10.1. The zero-order valence-electron chi connectivity index (χ0n) is 21.6. The minimum Gasteiger partial charge on any atom is -0.456 e. The number of hydrogen-bond acceptors (Lipinski definition) is 2. The number of benzene rings is 5. The first-order chi connectivity index (χ1) is 19.2. The predicted molar refractivity (Wildman–Crippen MR) is 161 cm³/mol. The van der Waals surface area contributed by atoms with Crippen LogP contribution in [0.1, 0.15) is 22.3 Å². The van der Waals surface area contributed by atoms with Gasteiger partial charge in [0.05, 0.1) is 6.57 Å². The number of para-hydroxylation sites is 2. The Morgan fingerprint density at radius 1 is 0.641 bits per heavy atom. The van der Waals surface area contributed by atoms with Gasteiger partial charge >= 0.3 is 0 Å². The standard InChI is InChI=1S/C36H26N2O/c1-26-17-21-30(22-18-26)38(29-13-7-4-8-14-29)31-23-19-27(20-24-31)35-25-33(32-15-9-10-16-34(32)39-35)36(37-2)28-11-5-3-6-12-28/h3-25H,1H3/b36-33-. The monoisotopic (exact) mass is 502 g/mol. The topological polar surface area (TPSA) is 16.8 Å². The van der Waals surface area contributed by atoms with Crippen LogP contribution in [-0.4, -0.2) is 0 Å². The van der Waals surface area contributed by atoms with E-state index in [1.165, 1.54) is 5.56 Å². The Morgan fingerprint density at radius 3 is 1.87 bits per heavy atom. The lowest BCUT2D eigenvalue weighted by Crippen LogP contribution is -2.10. The number of fused-ring (bicyclic) bond motifs is 1. The fourth-order valence-electron chi connectivity index (χ4n) is 4.84. The minimum atomic E-state index is 0.607. The molecule has 1 aliphatic heterocycles. The minimum absolute atomic E-state index is 0.607. The van der Waals surface area contributed by atoms with Crippen LogP contribution < -0.4 is 9.64 Å². The molecule has 0 saturated heterocycles. The van der Waals surface area contributed by atoms with E-state index in [9.17, 15) is 0 Å². The molecule has 0 atom stereocenters. The normalized spacial score (nSPS) is 13.4. The van der Waals surface area contributed by atoms with Crippen LogP contribution in [0.2, 0.25) is 0 Å². The molecule has 0 spiro atoms. The first kappa shape index (κ1) is 24.0. The van der Waals surface area contributed by atoms with Crippen molar-refractivity contribution in [3.63, 3.8) is 0 Å². The summed E-state index contributed by atoms with van der Waals surface area (Å²) in [6, 6.07) is 45.1. The third-order valence-corrected chi connectivity index (χ3v) is 6.80. The number of ether oxygens (including phenoxy) is 1. The van der Waals surface area contributed by atoms with E-state index in [2.05, 4.69) is 89.5 Å². The highest BCUT2D eigenvalue weighted by Crippen LogP contribution is 2.42. The molecule has 186 valence electrons. The quantitative estimate of drug-likeness (QED) is 0.223. The molecule has 39 heavy (non-hydrogen) atoms. The van der Waals surface area contributed by atoms with Gasteiger partial charge in [0.1, 0.15) is 11.5 Å². The van der Waals surface area contributed by atoms with Gasteiger partial charge in [0, 0.05) is 28.2 Å². The molecule has 0 unspecified atom stereocenters. The van der Waals surface area contributed by atoms with Crippen molar-refractivity contribution in [2.45, 2.75) is 6.92 Å². The Labute approximate surface area is 229 Å². The molecule has 1 aliphatic rings. The van der Waals surface area contributed by atoms with Gasteiger partial charge in [0.15, 0.2) is 0 Å². The van der Waals surface area contributed by atoms with Crippen LogP contribution in [0, 0.1) is 13.5 Å². The molecule has 5 aromatic carbocycles. The average molecular weight is 503 g/mol. The first-order valence-corrected chi connectivity index (χ1v) is 12.9. The fraction of sp³-hybridized carbons (Fsp3) is 0.0278. The highest BCUT2D eigenvalue weighted by atomic mass is 16.5. The maximum Gasteiger partial charge on any atom is 0.202 e. The van der Waals surface area contributed by atoms with Crippen molar-refractivity contribution in [2.75, 3.05) is 4.90 Å². The Bertz CT molecular complexity index is 1710. The number of aryl methyl sites for hydroxylation is 1. The van der Waals surface area contributed by atoms with Crippen molar-refractivity contribution in [3.8, 4) is 5.75 Å². The van der Waals surface area contributed by atoms with E-state index in [1.54, 1.807) is 0 Å². The van der Waals surface area contributed by atoms with Crippen LogP contribution in [0.15, 0.2) is 140 Å². The fourth-order valence-corrected chi connectivity index (χ4v) is 4.84. The summed E-state index contributed by atoms with van der Waals surface area (Å²) in [4.78, 5) is 6.18. The second-order valence-electron chi connectivity index (χ2n) is 9.40. The summed E-state index contributed by atoms with van der Waals surface area (Å²) in [5, 5.41) is 0. The molecule has 0 amide bonds. The summed E-state index contributed by atoms with van der Waals surface area (Å²) in [7, 11) is 0. The van der Waals surface area contributed by atoms with Gasteiger partial charge in [-0.3, -0.25) is 0 Å². The van der Waals surface area contributed by atoms with Crippen molar-refractivity contribution < 1.29 is 4.74 Å². The zero-order chi connectivity index (χ0) is 26.6. The Morgan fingerprint density at radius 2 is 1.21 bits per heavy atom. The molecule has 1 heterocycles. The molecule has 5 aromatic rings. The van der Waals surface area contributed by atoms with E-state index in [0.29, 0.717) is 11.5 Å². The number of nitrogens with zero attached hydrogens (tertiary/aromatic N) is 2. The second-order valence-corrected chi connectivity index (χ2v) is 9.40. The summed E-state index contributed by atoms with van der Waals surface area (Å²) in [5.74, 6) is 1.46. The number of allylic oxidation sites excluding steroid dienone is 2. The average Bonchev–Trinajstić information content (AvgIpc) is 3.00. The van der Waals surface area contributed by atoms with Gasteiger partial charge in [-0.1, -0.05) is 84.4 Å². The third-order valence-electron chi connectivity index (χ3n) is 6.80. The van der Waals surface area contributed by atoms with Crippen molar-refractivity contribution in [2.24, 2.45) is 0 Å². The molecule has 0 radical (unpaired) electrons. The first-order valence-electron chi connectivity index (χ1n) is 12.9. The lowest BCUT2D eigenvalue weighted by atomic mass is 9.95. The molecule has 3 heteroatoms. The van der Waals surface area contributed by atoms with E-state index in [-0.39, 0.29) is 0 Å². The number of hydrogen-bond donors (Lipinski definition) is 0. The maximum atomic E-state index is 7.99. The van der Waals surface area contributed by atoms with Gasteiger partial charge in [-0.05, 0) is 78.7 Å². The molecule has 6 rings (SSSR count). The SMILES string of the molecule is [C-]#[N+]/C(=C1/C=C(c2ccc(N(c3ccccc3)c3ccc(C)cc3)cc2)Oc2ccccc21)c1ccccc1. The van der Waals surface area contributed by atoms with Crippen molar-refractivity contribution in [3.05, 3.63) is 173 Å². The van der Waals surface area contributed by atoms with Crippen LogP contribution in [0.5, 0.6) is 5.75 Å². The lowest BCUT2D eigenvalue weighted by Gasteiger charge is -2.26. The zero-order valence-corrected chi connectivity index (χ0v) is 21.6. The van der Waals surface area contributed by atoms with E-state index in [4.69, 9.17) is 11.3 Å². The summed E-state index contributed by atoms with van der Waals surface area (Å²) >= 11 is 0. The van der Waals surface area contributed by atoms with Gasteiger partial charge in [-0.2, -0.15) is 0 Å². The number of anilines is 3. The Kier molecular flexibility index (Phi) is 6.52. The van der Waals surface area contributed by atoms with Crippen LogP contribution >= 0.6 is 0 Å². The predicted octanol–water partition coefficient (Wildman–Crippen LogP) is 9.69. The van der Waals surface area contributed by atoms with E-state index < -0.39 is 0 Å². The van der Waals surface area contributed by atoms with Crippen LogP contribution in [0.4, 0.5) is 17.1 Å². The largest absolute Gasteiger partial charge is 0.456 e. The molecule has 3 nitrogen and oxygen atoms in total. The second kappa shape index (κ2) is 10.6. The van der Waals surface area contributed by atoms with Gasteiger partial charge in [-0.15, -0.1) is 0 Å². The molecule has 0 aliphatic carbocycles. The molecule has 0 N–H and O–H groups in total. The van der Waals surface area contributed by atoms with Crippen LogP contribution in [0.25, 0.3) is 21.9 Å². The van der Waals surface area contributed by atoms with Gasteiger partial charge in [-0.25, -0.2) is 4.85 Å². The summed E-state index contributed by atoms with van der Waals surface area (Å²) in [6.07, 6.45) is 1.99. The van der Waals surface area contributed by atoms with Crippen molar-refractivity contribution in [1.29, 1.82) is 0 Å². The molecule has 0 saturated carbocycles. The van der Waals surface area contributed by atoms with Crippen molar-refractivity contribution in [1.82, 2.24) is 0 Å². The lowest BCUT2D eigenvalue weighted by molar-refractivity contribution is 0.509. The van der Waals surface area contributed by atoms with Gasteiger partial charge in [0.25, 0.3) is 0 Å². The molecule has 0 bridgehead atoms. The van der Waals surface area contributed by atoms with Gasteiger partial charge in [0.2, 0.25) is 5.70 Å². The summed E-state index contributed by atoms with van der Waals surface area (Å²) in [5.41, 5.74) is 8.68. The molecule has 0 fully saturated rings. The molecule has 0 aromatic heterocycles. The van der Waals surface area contributed by atoms with E-state index in [1.807, 2.05) is 66.7 Å². The highest BCUT2D eigenvalue weighted by Gasteiger charge is 2.22. The smallest absolute Gasteiger partial charge is 0.202 e. The molecular weight excluding hydrogens is 476 g/mol. The van der Waals surface area contributed by atoms with Crippen LogP contribution in [-0.2, 0) is 0 Å². The maximum absolute atomic E-state index is 7.99. The van der Waals surface area contributed by atoms with Crippen LogP contribution in [0.3, 0.4) is 0 Å².